The number of allylic oxidation sites excluding steroid dienone is 2. The third-order valence-corrected chi connectivity index (χ3v) is 2.65. The fourth-order valence-electron chi connectivity index (χ4n) is 1.60. The highest BCUT2D eigenvalue weighted by atomic mass is 16.1. The summed E-state index contributed by atoms with van der Waals surface area (Å²) in [5.74, 6) is 0.703. The second kappa shape index (κ2) is 3.40. The van der Waals surface area contributed by atoms with Crippen molar-refractivity contribution in [1.29, 1.82) is 0 Å². The highest BCUT2D eigenvalue weighted by Gasteiger charge is 2.30. The fourth-order valence-corrected chi connectivity index (χ4v) is 1.60. The normalized spacial score (nSPS) is 27.6. The first-order valence-electron chi connectivity index (χ1n) is 4.43. The third kappa shape index (κ3) is 1.95. The molecule has 2 nitrogen and oxygen atoms in total. The minimum absolute atomic E-state index is 0.164. The molecule has 0 aromatic heterocycles. The van der Waals surface area contributed by atoms with Crippen molar-refractivity contribution in [3.63, 3.8) is 0 Å². The van der Waals surface area contributed by atoms with E-state index < -0.39 is 0 Å². The zero-order valence-electron chi connectivity index (χ0n) is 8.05. The zero-order valence-corrected chi connectivity index (χ0v) is 8.05. The predicted octanol–water partition coefficient (Wildman–Crippen LogP) is 1.38. The molecular formula is C10H17NO. The van der Waals surface area contributed by atoms with Gasteiger partial charge in [0, 0.05) is 6.42 Å². The quantitative estimate of drug-likeness (QED) is 0.673. The highest BCUT2D eigenvalue weighted by molar-refractivity contribution is 5.90. The molecule has 0 fully saturated rings. The molecule has 0 aliphatic heterocycles. The largest absolute Gasteiger partial charge is 0.319 e. The zero-order chi connectivity index (χ0) is 9.19. The van der Waals surface area contributed by atoms with E-state index in [0.717, 1.165) is 6.54 Å². The molecule has 0 saturated heterocycles. The van der Waals surface area contributed by atoms with E-state index in [0.29, 0.717) is 12.3 Å². The van der Waals surface area contributed by atoms with Gasteiger partial charge in [0.05, 0.1) is 0 Å². The van der Waals surface area contributed by atoms with Crippen LogP contribution in [0.1, 0.15) is 20.3 Å². The van der Waals surface area contributed by atoms with Gasteiger partial charge in [0.2, 0.25) is 0 Å². The summed E-state index contributed by atoms with van der Waals surface area (Å²) in [4.78, 5) is 11.1. The summed E-state index contributed by atoms with van der Waals surface area (Å²) in [6.45, 7) is 5.28. The average Bonchev–Trinajstić information content (AvgIpc) is 1.98. The van der Waals surface area contributed by atoms with Gasteiger partial charge in [0.15, 0.2) is 5.78 Å². The molecule has 1 aliphatic rings. The molecule has 0 aromatic rings. The van der Waals surface area contributed by atoms with E-state index in [2.05, 4.69) is 19.2 Å². The van der Waals surface area contributed by atoms with Crippen LogP contribution < -0.4 is 5.32 Å². The Balaban J connectivity index is 2.72. The molecule has 68 valence electrons. The van der Waals surface area contributed by atoms with Gasteiger partial charge in [-0.05, 0) is 31.0 Å². The molecule has 0 radical (unpaired) electrons. The molecule has 0 spiro atoms. The van der Waals surface area contributed by atoms with Crippen molar-refractivity contribution in [1.82, 2.24) is 5.32 Å². The van der Waals surface area contributed by atoms with Crippen molar-refractivity contribution < 1.29 is 4.79 Å². The smallest absolute Gasteiger partial charge is 0.155 e. The van der Waals surface area contributed by atoms with Crippen molar-refractivity contribution in [3.8, 4) is 0 Å². The topological polar surface area (TPSA) is 29.1 Å². The first-order chi connectivity index (χ1) is 5.56. The summed E-state index contributed by atoms with van der Waals surface area (Å²) in [7, 11) is 1.93. The number of hydrogen-bond donors (Lipinski definition) is 1. The Hall–Kier alpha value is -0.630. The van der Waals surface area contributed by atoms with Crippen LogP contribution in [-0.4, -0.2) is 19.4 Å². The minimum Gasteiger partial charge on any atom is -0.319 e. The molecule has 1 atom stereocenters. The molecule has 1 N–H and O–H groups in total. The molecule has 1 aliphatic carbocycles. The van der Waals surface area contributed by atoms with Crippen LogP contribution in [0.3, 0.4) is 0 Å². The SMILES string of the molecule is CNCC1CC(=O)C=CC1(C)C. The molecule has 0 amide bonds. The molecule has 0 heterocycles. The summed E-state index contributed by atoms with van der Waals surface area (Å²) in [5.41, 5.74) is 0.164. The predicted molar refractivity (Wildman–Crippen MR) is 50.0 cm³/mol. The fraction of sp³-hybridized carbons (Fsp3) is 0.700. The van der Waals surface area contributed by atoms with E-state index >= 15 is 0 Å². The van der Waals surface area contributed by atoms with Crippen LogP contribution in [0.2, 0.25) is 0 Å². The highest BCUT2D eigenvalue weighted by Crippen LogP contribution is 2.33. The molecule has 1 unspecified atom stereocenters. The Bertz CT molecular complexity index is 206. The number of rotatable bonds is 2. The lowest BCUT2D eigenvalue weighted by Gasteiger charge is -2.33. The lowest BCUT2D eigenvalue weighted by molar-refractivity contribution is -0.116. The maximum absolute atomic E-state index is 11.1. The first-order valence-corrected chi connectivity index (χ1v) is 4.43. The number of ketones is 1. The van der Waals surface area contributed by atoms with Crippen LogP contribution in [0.4, 0.5) is 0 Å². The van der Waals surface area contributed by atoms with Crippen molar-refractivity contribution >= 4 is 5.78 Å². The van der Waals surface area contributed by atoms with Crippen molar-refractivity contribution in [3.05, 3.63) is 12.2 Å². The Morgan fingerprint density at radius 3 is 2.92 bits per heavy atom. The van der Waals surface area contributed by atoms with Gasteiger partial charge < -0.3 is 5.32 Å². The van der Waals surface area contributed by atoms with E-state index in [1.807, 2.05) is 13.1 Å². The van der Waals surface area contributed by atoms with Gasteiger partial charge in [-0.25, -0.2) is 0 Å². The standard InChI is InChI=1S/C10H17NO/c1-10(2)5-4-9(12)6-8(10)7-11-3/h4-5,8,11H,6-7H2,1-3H3. The maximum Gasteiger partial charge on any atom is 0.155 e. The number of carbonyl (C=O) groups is 1. The number of hydrogen-bond acceptors (Lipinski definition) is 2. The van der Waals surface area contributed by atoms with Crippen molar-refractivity contribution in [2.75, 3.05) is 13.6 Å². The molecule has 2 heteroatoms. The lowest BCUT2D eigenvalue weighted by atomic mass is 9.72. The number of nitrogens with one attached hydrogen (secondary N) is 1. The second-order valence-corrected chi connectivity index (χ2v) is 4.08. The van der Waals surface area contributed by atoms with E-state index in [4.69, 9.17) is 0 Å². The molecule has 0 aromatic carbocycles. The Morgan fingerprint density at radius 2 is 2.33 bits per heavy atom. The minimum atomic E-state index is 0.164. The summed E-state index contributed by atoms with van der Waals surface area (Å²) in [6.07, 6.45) is 4.43. The van der Waals surface area contributed by atoms with Gasteiger partial charge in [-0.1, -0.05) is 19.9 Å². The van der Waals surface area contributed by atoms with E-state index in [1.165, 1.54) is 0 Å². The van der Waals surface area contributed by atoms with Gasteiger partial charge in [0.25, 0.3) is 0 Å². The maximum atomic E-state index is 11.1. The summed E-state index contributed by atoms with van der Waals surface area (Å²) >= 11 is 0. The van der Waals surface area contributed by atoms with Gasteiger partial charge in [-0.3, -0.25) is 4.79 Å². The Kier molecular flexibility index (Phi) is 2.68. The van der Waals surface area contributed by atoms with Gasteiger partial charge in [-0.2, -0.15) is 0 Å². The number of carbonyl (C=O) groups excluding carboxylic acids is 1. The van der Waals surface area contributed by atoms with E-state index in [-0.39, 0.29) is 11.2 Å². The van der Waals surface area contributed by atoms with E-state index in [9.17, 15) is 4.79 Å². The lowest BCUT2D eigenvalue weighted by Crippen LogP contribution is -2.34. The van der Waals surface area contributed by atoms with Crippen LogP contribution in [0.5, 0.6) is 0 Å². The van der Waals surface area contributed by atoms with Crippen molar-refractivity contribution in [2.45, 2.75) is 20.3 Å². The van der Waals surface area contributed by atoms with Crippen LogP contribution in [0, 0.1) is 11.3 Å². The Labute approximate surface area is 74.0 Å². The summed E-state index contributed by atoms with van der Waals surface area (Å²) in [6, 6.07) is 0. The van der Waals surface area contributed by atoms with Gasteiger partial charge in [0.1, 0.15) is 0 Å². The van der Waals surface area contributed by atoms with Crippen LogP contribution in [0.25, 0.3) is 0 Å². The van der Waals surface area contributed by atoms with Gasteiger partial charge >= 0.3 is 0 Å². The van der Waals surface area contributed by atoms with Crippen LogP contribution in [-0.2, 0) is 4.79 Å². The van der Waals surface area contributed by atoms with Gasteiger partial charge in [-0.15, -0.1) is 0 Å². The third-order valence-electron chi connectivity index (χ3n) is 2.65. The molecule has 0 saturated carbocycles. The molecular weight excluding hydrogens is 150 g/mol. The summed E-state index contributed by atoms with van der Waals surface area (Å²) in [5, 5.41) is 3.13. The first kappa shape index (κ1) is 9.46. The van der Waals surface area contributed by atoms with Crippen molar-refractivity contribution in [2.24, 2.45) is 11.3 Å². The monoisotopic (exact) mass is 167 g/mol. The average molecular weight is 167 g/mol. The van der Waals surface area contributed by atoms with E-state index in [1.54, 1.807) is 6.08 Å². The Morgan fingerprint density at radius 1 is 1.67 bits per heavy atom. The summed E-state index contributed by atoms with van der Waals surface area (Å²) < 4.78 is 0. The molecule has 12 heavy (non-hydrogen) atoms. The second-order valence-electron chi connectivity index (χ2n) is 4.08. The van der Waals surface area contributed by atoms with Crippen LogP contribution in [0.15, 0.2) is 12.2 Å². The molecule has 0 bridgehead atoms. The molecule has 1 rings (SSSR count). The van der Waals surface area contributed by atoms with Crippen LogP contribution >= 0.6 is 0 Å².